The van der Waals surface area contributed by atoms with Crippen LogP contribution in [0.4, 0.5) is 0 Å². The maximum absolute atomic E-state index is 12.9. The number of aryl methyl sites for hydroxylation is 1. The number of thiophene rings is 1. The molecule has 4 nitrogen and oxygen atoms in total. The topological polar surface area (TPSA) is 50.3 Å². The molecule has 112 valence electrons. The number of hydrogen-bond acceptors (Lipinski definition) is 4. The van der Waals surface area contributed by atoms with Gasteiger partial charge in [0.05, 0.1) is 14.7 Å². The fraction of sp³-hybridized carbons (Fsp3) is 0.357. The van der Waals surface area contributed by atoms with Crippen LogP contribution in [-0.4, -0.2) is 24.3 Å². The second-order valence-corrected chi connectivity index (χ2v) is 9.52. The van der Waals surface area contributed by atoms with Crippen molar-refractivity contribution in [2.45, 2.75) is 30.7 Å². The van der Waals surface area contributed by atoms with Gasteiger partial charge in [0.15, 0.2) is 0 Å². The molecule has 2 aromatic heterocycles. The second kappa shape index (κ2) is 5.79. The largest absolute Gasteiger partial charge is 0.265 e. The molecule has 0 N–H and O–H groups in total. The van der Waals surface area contributed by atoms with E-state index in [1.807, 2.05) is 19.1 Å². The average Bonchev–Trinajstić information content (AvgIpc) is 3.07. The highest BCUT2D eigenvalue weighted by Crippen LogP contribution is 2.39. The summed E-state index contributed by atoms with van der Waals surface area (Å²) in [6.45, 7) is 2.42. The van der Waals surface area contributed by atoms with E-state index in [2.05, 4.69) is 20.9 Å². The van der Waals surface area contributed by atoms with Gasteiger partial charge in [0.2, 0.25) is 10.0 Å². The van der Waals surface area contributed by atoms with E-state index < -0.39 is 10.0 Å². The molecule has 1 atom stereocenters. The minimum absolute atomic E-state index is 0.0870. The smallest absolute Gasteiger partial charge is 0.244 e. The average molecular weight is 387 g/mol. The third kappa shape index (κ3) is 2.79. The fourth-order valence-electron chi connectivity index (χ4n) is 2.76. The van der Waals surface area contributed by atoms with Crippen molar-refractivity contribution in [1.29, 1.82) is 0 Å². The highest BCUT2D eigenvalue weighted by atomic mass is 79.9. The third-order valence-electron chi connectivity index (χ3n) is 3.72. The molecule has 2 aromatic rings. The van der Waals surface area contributed by atoms with E-state index in [-0.39, 0.29) is 6.04 Å². The van der Waals surface area contributed by atoms with Crippen molar-refractivity contribution in [3.05, 3.63) is 44.8 Å². The SMILES string of the molecule is Cc1sc(Br)cc1S(=O)(=O)N1CCCC1c1ccncc1. The van der Waals surface area contributed by atoms with E-state index in [4.69, 9.17) is 0 Å². The Bertz CT molecular complexity index is 744. The first-order valence-corrected chi connectivity index (χ1v) is 9.73. The first-order valence-electron chi connectivity index (χ1n) is 6.68. The predicted octanol–water partition coefficient (Wildman–Crippen LogP) is 3.74. The predicted molar refractivity (Wildman–Crippen MR) is 86.9 cm³/mol. The molecule has 3 heterocycles. The van der Waals surface area contributed by atoms with Gasteiger partial charge in [-0.3, -0.25) is 4.98 Å². The minimum Gasteiger partial charge on any atom is -0.265 e. The molecule has 0 amide bonds. The highest BCUT2D eigenvalue weighted by Gasteiger charge is 2.37. The molecule has 1 fully saturated rings. The maximum Gasteiger partial charge on any atom is 0.244 e. The zero-order valence-corrected chi connectivity index (χ0v) is 14.7. The molecule has 1 aliphatic heterocycles. The number of sulfonamides is 1. The molecule has 1 unspecified atom stereocenters. The molecule has 21 heavy (non-hydrogen) atoms. The van der Waals surface area contributed by atoms with Crippen LogP contribution in [0.1, 0.15) is 29.3 Å². The van der Waals surface area contributed by atoms with Gasteiger partial charge in [-0.1, -0.05) is 0 Å². The quantitative estimate of drug-likeness (QED) is 0.806. The summed E-state index contributed by atoms with van der Waals surface area (Å²) >= 11 is 4.82. The molecular formula is C14H15BrN2O2S2. The van der Waals surface area contributed by atoms with Crippen LogP contribution in [0.3, 0.4) is 0 Å². The Morgan fingerprint density at radius 1 is 1.38 bits per heavy atom. The van der Waals surface area contributed by atoms with Gasteiger partial charge in [-0.25, -0.2) is 8.42 Å². The molecule has 1 saturated heterocycles. The van der Waals surface area contributed by atoms with Crippen LogP contribution < -0.4 is 0 Å². The number of nitrogens with zero attached hydrogens (tertiary/aromatic N) is 2. The lowest BCUT2D eigenvalue weighted by Gasteiger charge is -2.24. The summed E-state index contributed by atoms with van der Waals surface area (Å²) in [6, 6.07) is 5.41. The Balaban J connectivity index is 2.00. The van der Waals surface area contributed by atoms with Crippen LogP contribution in [0.2, 0.25) is 0 Å². The summed E-state index contributed by atoms with van der Waals surface area (Å²) in [5.74, 6) is 0. The lowest BCUT2D eigenvalue weighted by molar-refractivity contribution is 0.396. The zero-order chi connectivity index (χ0) is 15.0. The van der Waals surface area contributed by atoms with E-state index in [1.54, 1.807) is 22.8 Å². The van der Waals surface area contributed by atoms with Crippen molar-refractivity contribution in [2.75, 3.05) is 6.54 Å². The third-order valence-corrected chi connectivity index (χ3v) is 7.44. The first kappa shape index (κ1) is 15.1. The molecular weight excluding hydrogens is 372 g/mol. The van der Waals surface area contributed by atoms with Gasteiger partial charge in [0, 0.05) is 23.8 Å². The lowest BCUT2D eigenvalue weighted by Crippen LogP contribution is -2.30. The Hall–Kier alpha value is -0.760. The maximum atomic E-state index is 12.9. The molecule has 0 spiro atoms. The summed E-state index contributed by atoms with van der Waals surface area (Å²) < 4.78 is 28.4. The monoisotopic (exact) mass is 386 g/mol. The van der Waals surface area contributed by atoms with Crippen LogP contribution in [0.25, 0.3) is 0 Å². The van der Waals surface area contributed by atoms with Gasteiger partial charge in [0.25, 0.3) is 0 Å². The molecule has 3 rings (SSSR count). The highest BCUT2D eigenvalue weighted by molar-refractivity contribution is 9.11. The summed E-state index contributed by atoms with van der Waals surface area (Å²) in [7, 11) is -3.45. The minimum atomic E-state index is -3.45. The van der Waals surface area contributed by atoms with Gasteiger partial charge in [-0.2, -0.15) is 4.31 Å². The summed E-state index contributed by atoms with van der Waals surface area (Å²) in [5, 5.41) is 0. The standard InChI is InChI=1S/C14H15BrN2O2S2/c1-10-13(9-14(15)20-10)21(18,19)17-8-2-3-12(17)11-4-6-16-7-5-11/h4-7,9,12H,2-3,8H2,1H3. The van der Waals surface area contributed by atoms with E-state index in [0.29, 0.717) is 11.4 Å². The normalized spacial score (nSPS) is 20.0. The molecule has 0 saturated carbocycles. The van der Waals surface area contributed by atoms with Crippen LogP contribution in [0.5, 0.6) is 0 Å². The van der Waals surface area contributed by atoms with E-state index >= 15 is 0 Å². The summed E-state index contributed by atoms with van der Waals surface area (Å²) in [4.78, 5) is 5.25. The molecule has 0 aromatic carbocycles. The Morgan fingerprint density at radius 3 is 2.71 bits per heavy atom. The summed E-state index contributed by atoms with van der Waals surface area (Å²) in [5.41, 5.74) is 1.01. The number of pyridine rings is 1. The Kier molecular flexibility index (Phi) is 4.18. The van der Waals surface area contributed by atoms with E-state index in [1.165, 1.54) is 11.3 Å². The van der Waals surface area contributed by atoms with Crippen LogP contribution >= 0.6 is 27.3 Å². The zero-order valence-electron chi connectivity index (χ0n) is 11.5. The van der Waals surface area contributed by atoms with E-state index in [0.717, 1.165) is 27.1 Å². The molecule has 1 aliphatic rings. The Labute approximate surface area is 137 Å². The van der Waals surface area contributed by atoms with Crippen molar-refractivity contribution in [1.82, 2.24) is 9.29 Å². The second-order valence-electron chi connectivity index (χ2n) is 5.03. The number of rotatable bonds is 3. The van der Waals surface area contributed by atoms with Crippen LogP contribution in [0, 0.1) is 6.92 Å². The number of halogens is 1. The Morgan fingerprint density at radius 2 is 2.10 bits per heavy atom. The van der Waals surface area contributed by atoms with Crippen molar-refractivity contribution >= 4 is 37.3 Å². The van der Waals surface area contributed by atoms with Gasteiger partial charge < -0.3 is 0 Å². The fourth-order valence-corrected chi connectivity index (χ4v) is 6.83. The molecule has 0 bridgehead atoms. The van der Waals surface area contributed by atoms with Crippen molar-refractivity contribution in [3.63, 3.8) is 0 Å². The lowest BCUT2D eigenvalue weighted by atomic mass is 10.1. The molecule has 0 aliphatic carbocycles. The van der Waals surface area contributed by atoms with Gasteiger partial charge in [-0.05, 0) is 59.5 Å². The van der Waals surface area contributed by atoms with Gasteiger partial charge in [-0.15, -0.1) is 11.3 Å². The summed E-state index contributed by atoms with van der Waals surface area (Å²) in [6.07, 6.45) is 5.17. The van der Waals surface area contributed by atoms with Crippen LogP contribution in [-0.2, 0) is 10.0 Å². The van der Waals surface area contributed by atoms with Gasteiger partial charge >= 0.3 is 0 Å². The first-order chi connectivity index (χ1) is 10.00. The van der Waals surface area contributed by atoms with Crippen molar-refractivity contribution < 1.29 is 8.42 Å². The number of hydrogen-bond donors (Lipinski definition) is 0. The van der Waals surface area contributed by atoms with E-state index in [9.17, 15) is 8.42 Å². The van der Waals surface area contributed by atoms with Crippen molar-refractivity contribution in [3.8, 4) is 0 Å². The van der Waals surface area contributed by atoms with Crippen molar-refractivity contribution in [2.24, 2.45) is 0 Å². The molecule has 7 heteroatoms. The number of aromatic nitrogens is 1. The molecule has 0 radical (unpaired) electrons. The van der Waals surface area contributed by atoms with Crippen LogP contribution in [0.15, 0.2) is 39.3 Å². The van der Waals surface area contributed by atoms with Gasteiger partial charge in [0.1, 0.15) is 0 Å².